The Kier molecular flexibility index (Phi) is 4.64. The first-order chi connectivity index (χ1) is 8.52. The van der Waals surface area contributed by atoms with Crippen LogP contribution in [0.4, 0.5) is 0 Å². The van der Waals surface area contributed by atoms with Gasteiger partial charge in [0.25, 0.3) is 0 Å². The number of likely N-dealkylation sites (N-methyl/N-ethyl adjacent to an activating group) is 1. The molecule has 0 saturated carbocycles. The lowest BCUT2D eigenvalue weighted by molar-refractivity contribution is -0.0497. The Balaban J connectivity index is 1.90. The van der Waals surface area contributed by atoms with Gasteiger partial charge in [0.1, 0.15) is 0 Å². The van der Waals surface area contributed by atoms with Crippen LogP contribution in [-0.2, 0) is 4.74 Å². The van der Waals surface area contributed by atoms with Gasteiger partial charge in [0.05, 0.1) is 12.7 Å². The maximum atomic E-state index is 5.90. The molecule has 0 aromatic heterocycles. The maximum absolute atomic E-state index is 5.90. The number of morpholine rings is 1. The molecule has 2 aliphatic rings. The molecule has 106 valence electrons. The second-order valence-electron chi connectivity index (χ2n) is 6.33. The molecule has 2 fully saturated rings. The van der Waals surface area contributed by atoms with Gasteiger partial charge in [-0.05, 0) is 27.3 Å². The Morgan fingerprint density at radius 1 is 1.44 bits per heavy atom. The van der Waals surface area contributed by atoms with Gasteiger partial charge in [-0.1, -0.05) is 6.92 Å². The zero-order valence-electron chi connectivity index (χ0n) is 12.4. The molecule has 0 spiro atoms. The van der Waals surface area contributed by atoms with E-state index in [1.54, 1.807) is 0 Å². The summed E-state index contributed by atoms with van der Waals surface area (Å²) in [7, 11) is 2.19. The molecule has 3 unspecified atom stereocenters. The Labute approximate surface area is 112 Å². The van der Waals surface area contributed by atoms with Gasteiger partial charge >= 0.3 is 0 Å². The number of nitrogens with zero attached hydrogens (tertiary/aromatic N) is 2. The molecule has 18 heavy (non-hydrogen) atoms. The number of rotatable bonds is 3. The van der Waals surface area contributed by atoms with Crippen LogP contribution in [0.2, 0.25) is 0 Å². The van der Waals surface area contributed by atoms with Crippen molar-refractivity contribution in [1.29, 1.82) is 0 Å². The van der Waals surface area contributed by atoms with Crippen molar-refractivity contribution in [2.75, 3.05) is 46.4 Å². The van der Waals surface area contributed by atoms with Crippen LogP contribution in [0, 0.1) is 0 Å². The van der Waals surface area contributed by atoms with Crippen molar-refractivity contribution >= 4 is 0 Å². The molecular formula is C14H29N3O. The van der Waals surface area contributed by atoms with Crippen LogP contribution >= 0.6 is 0 Å². The topological polar surface area (TPSA) is 27.7 Å². The summed E-state index contributed by atoms with van der Waals surface area (Å²) in [5.41, 5.74) is 0.271. The van der Waals surface area contributed by atoms with Crippen molar-refractivity contribution < 1.29 is 4.74 Å². The monoisotopic (exact) mass is 255 g/mol. The van der Waals surface area contributed by atoms with Crippen molar-refractivity contribution in [2.45, 2.75) is 44.9 Å². The van der Waals surface area contributed by atoms with Gasteiger partial charge in [0.2, 0.25) is 0 Å². The third kappa shape index (κ3) is 3.44. The summed E-state index contributed by atoms with van der Waals surface area (Å²) in [6, 6.07) is 0.612. The van der Waals surface area contributed by atoms with Crippen LogP contribution in [0.5, 0.6) is 0 Å². The van der Waals surface area contributed by atoms with Gasteiger partial charge in [-0.15, -0.1) is 0 Å². The van der Waals surface area contributed by atoms with E-state index in [0.717, 1.165) is 39.3 Å². The second kappa shape index (κ2) is 5.87. The van der Waals surface area contributed by atoms with E-state index in [9.17, 15) is 0 Å². The van der Waals surface area contributed by atoms with Crippen LogP contribution in [0.15, 0.2) is 0 Å². The van der Waals surface area contributed by atoms with Crippen LogP contribution in [0.25, 0.3) is 0 Å². The third-order valence-corrected chi connectivity index (χ3v) is 4.56. The molecule has 0 aliphatic carbocycles. The molecule has 0 aromatic carbocycles. The lowest BCUT2D eigenvalue weighted by atomic mass is 9.93. The summed E-state index contributed by atoms with van der Waals surface area (Å²) in [6.07, 6.45) is 1.56. The van der Waals surface area contributed by atoms with E-state index in [2.05, 4.69) is 42.9 Å². The Morgan fingerprint density at radius 3 is 2.89 bits per heavy atom. The Bertz CT molecular complexity index is 274. The standard InChI is InChI=1S/C14H29N3O/c1-5-14(3)11-17(12(2)8-15-14)10-13-9-16(4)6-7-18-13/h12-13,15H,5-11H2,1-4H3. The fourth-order valence-electron chi connectivity index (χ4n) is 2.90. The number of piperazine rings is 1. The minimum Gasteiger partial charge on any atom is -0.374 e. The van der Waals surface area contributed by atoms with Crippen LogP contribution in [0.1, 0.15) is 27.2 Å². The zero-order chi connectivity index (χ0) is 13.2. The molecule has 0 radical (unpaired) electrons. The first kappa shape index (κ1) is 14.3. The van der Waals surface area contributed by atoms with Gasteiger partial charge in [0.15, 0.2) is 0 Å². The predicted octanol–water partition coefficient (Wildman–Crippen LogP) is 0.779. The Hall–Kier alpha value is -0.160. The van der Waals surface area contributed by atoms with Gasteiger partial charge < -0.3 is 15.0 Å². The fraction of sp³-hybridized carbons (Fsp3) is 1.00. The summed E-state index contributed by atoms with van der Waals surface area (Å²) in [6.45, 7) is 13.2. The summed E-state index contributed by atoms with van der Waals surface area (Å²) in [5.74, 6) is 0. The van der Waals surface area contributed by atoms with E-state index >= 15 is 0 Å². The summed E-state index contributed by atoms with van der Waals surface area (Å²) >= 11 is 0. The van der Waals surface area contributed by atoms with Crippen molar-refractivity contribution in [3.05, 3.63) is 0 Å². The predicted molar refractivity (Wildman–Crippen MR) is 75.0 cm³/mol. The molecule has 4 heteroatoms. The molecule has 2 rings (SSSR count). The molecule has 0 aromatic rings. The first-order valence-corrected chi connectivity index (χ1v) is 7.31. The number of nitrogens with one attached hydrogen (secondary N) is 1. The molecular weight excluding hydrogens is 226 g/mol. The average molecular weight is 255 g/mol. The van der Waals surface area contributed by atoms with Crippen molar-refractivity contribution in [3.63, 3.8) is 0 Å². The highest BCUT2D eigenvalue weighted by molar-refractivity contribution is 4.94. The van der Waals surface area contributed by atoms with E-state index < -0.39 is 0 Å². The van der Waals surface area contributed by atoms with E-state index in [1.165, 1.54) is 6.42 Å². The van der Waals surface area contributed by atoms with Gasteiger partial charge in [-0.25, -0.2) is 0 Å². The molecule has 4 nitrogen and oxygen atoms in total. The smallest absolute Gasteiger partial charge is 0.0829 e. The second-order valence-corrected chi connectivity index (χ2v) is 6.33. The molecule has 2 heterocycles. The molecule has 1 N–H and O–H groups in total. The normalized spacial score (nSPS) is 40.0. The van der Waals surface area contributed by atoms with Crippen LogP contribution in [-0.4, -0.2) is 73.9 Å². The van der Waals surface area contributed by atoms with E-state index in [4.69, 9.17) is 4.74 Å². The zero-order valence-corrected chi connectivity index (χ0v) is 12.4. The number of hydrogen-bond donors (Lipinski definition) is 1. The average Bonchev–Trinajstić information content (AvgIpc) is 2.34. The number of hydrogen-bond acceptors (Lipinski definition) is 4. The van der Waals surface area contributed by atoms with Crippen molar-refractivity contribution in [2.24, 2.45) is 0 Å². The highest BCUT2D eigenvalue weighted by Crippen LogP contribution is 2.19. The number of ether oxygens (including phenoxy) is 1. The molecule has 0 amide bonds. The van der Waals surface area contributed by atoms with E-state index in [1.807, 2.05) is 0 Å². The molecule has 2 saturated heterocycles. The first-order valence-electron chi connectivity index (χ1n) is 7.31. The molecule has 0 bridgehead atoms. The SMILES string of the molecule is CCC1(C)CN(CC2CN(C)CCO2)C(C)CN1. The highest BCUT2D eigenvalue weighted by Gasteiger charge is 2.34. The summed E-state index contributed by atoms with van der Waals surface area (Å²) < 4.78 is 5.90. The maximum Gasteiger partial charge on any atom is 0.0829 e. The summed E-state index contributed by atoms with van der Waals surface area (Å²) in [5, 5.41) is 3.68. The lowest BCUT2D eigenvalue weighted by Crippen LogP contribution is -2.63. The largest absolute Gasteiger partial charge is 0.374 e. The summed E-state index contributed by atoms with van der Waals surface area (Å²) in [4.78, 5) is 4.98. The van der Waals surface area contributed by atoms with Gasteiger partial charge in [0, 0.05) is 44.3 Å². The van der Waals surface area contributed by atoms with Crippen molar-refractivity contribution in [3.8, 4) is 0 Å². The lowest BCUT2D eigenvalue weighted by Gasteiger charge is -2.46. The van der Waals surface area contributed by atoms with Crippen molar-refractivity contribution in [1.82, 2.24) is 15.1 Å². The quantitative estimate of drug-likeness (QED) is 0.806. The van der Waals surface area contributed by atoms with Crippen LogP contribution in [0.3, 0.4) is 0 Å². The van der Waals surface area contributed by atoms with Gasteiger partial charge in [-0.3, -0.25) is 4.90 Å². The fourth-order valence-corrected chi connectivity index (χ4v) is 2.90. The third-order valence-electron chi connectivity index (χ3n) is 4.56. The molecule has 2 aliphatic heterocycles. The van der Waals surface area contributed by atoms with E-state index in [-0.39, 0.29) is 5.54 Å². The van der Waals surface area contributed by atoms with Crippen LogP contribution < -0.4 is 5.32 Å². The molecule has 3 atom stereocenters. The Morgan fingerprint density at radius 2 is 2.22 bits per heavy atom. The highest BCUT2D eigenvalue weighted by atomic mass is 16.5. The van der Waals surface area contributed by atoms with Gasteiger partial charge in [-0.2, -0.15) is 0 Å². The van der Waals surface area contributed by atoms with E-state index in [0.29, 0.717) is 12.1 Å². The minimum atomic E-state index is 0.271. The minimum absolute atomic E-state index is 0.271.